The summed E-state index contributed by atoms with van der Waals surface area (Å²) in [6.45, 7) is 0. The molecule has 27 heavy (non-hydrogen) atoms. The third kappa shape index (κ3) is 3.80. The SMILES string of the molecule is CN(C)c1ccc([C@H](/C=C2\C=Cc3ccccc3N2)c2ccccc2)cc1. The van der Waals surface area contributed by atoms with E-state index >= 15 is 0 Å². The van der Waals surface area contributed by atoms with E-state index in [0.29, 0.717) is 0 Å². The van der Waals surface area contributed by atoms with Crippen molar-refractivity contribution >= 4 is 17.5 Å². The third-order valence-corrected chi connectivity index (χ3v) is 4.96. The van der Waals surface area contributed by atoms with E-state index in [1.54, 1.807) is 0 Å². The smallest absolute Gasteiger partial charge is 0.0457 e. The summed E-state index contributed by atoms with van der Waals surface area (Å²) in [6.07, 6.45) is 6.65. The Balaban J connectivity index is 1.71. The highest BCUT2D eigenvalue weighted by atomic mass is 15.1. The van der Waals surface area contributed by atoms with E-state index in [2.05, 4.69) is 121 Å². The van der Waals surface area contributed by atoms with Gasteiger partial charge in [0.2, 0.25) is 0 Å². The van der Waals surface area contributed by atoms with Crippen molar-refractivity contribution in [2.75, 3.05) is 24.3 Å². The topological polar surface area (TPSA) is 15.3 Å². The van der Waals surface area contributed by atoms with Crippen molar-refractivity contribution in [3.05, 3.63) is 113 Å². The average molecular weight is 352 g/mol. The van der Waals surface area contributed by atoms with Crippen LogP contribution in [-0.4, -0.2) is 14.1 Å². The number of fused-ring (bicyclic) bond motifs is 1. The lowest BCUT2D eigenvalue weighted by atomic mass is 9.89. The lowest BCUT2D eigenvalue weighted by Gasteiger charge is -2.20. The van der Waals surface area contributed by atoms with Crippen LogP contribution in [0.25, 0.3) is 6.08 Å². The number of hydrogen-bond donors (Lipinski definition) is 1. The zero-order valence-electron chi connectivity index (χ0n) is 15.8. The molecule has 1 atom stereocenters. The molecule has 0 fully saturated rings. The van der Waals surface area contributed by atoms with E-state index in [1.807, 2.05) is 0 Å². The molecule has 2 heteroatoms. The summed E-state index contributed by atoms with van der Waals surface area (Å²) in [5, 5.41) is 3.56. The quantitative estimate of drug-likeness (QED) is 0.628. The highest BCUT2D eigenvalue weighted by molar-refractivity contribution is 5.74. The van der Waals surface area contributed by atoms with Gasteiger partial charge in [-0.3, -0.25) is 0 Å². The zero-order valence-corrected chi connectivity index (χ0v) is 15.8. The highest BCUT2D eigenvalue weighted by Gasteiger charge is 2.14. The molecule has 1 heterocycles. The molecule has 0 radical (unpaired) electrons. The molecule has 2 nitrogen and oxygen atoms in total. The van der Waals surface area contributed by atoms with Gasteiger partial charge in [-0.25, -0.2) is 0 Å². The Labute approximate surface area is 161 Å². The first-order valence-electron chi connectivity index (χ1n) is 9.29. The zero-order chi connectivity index (χ0) is 18.6. The third-order valence-electron chi connectivity index (χ3n) is 4.96. The summed E-state index contributed by atoms with van der Waals surface area (Å²) in [4.78, 5) is 2.13. The number of hydrogen-bond acceptors (Lipinski definition) is 2. The van der Waals surface area contributed by atoms with Crippen molar-refractivity contribution in [1.29, 1.82) is 0 Å². The van der Waals surface area contributed by atoms with Crippen LogP contribution in [0.3, 0.4) is 0 Å². The molecule has 4 rings (SSSR count). The van der Waals surface area contributed by atoms with Crippen molar-refractivity contribution < 1.29 is 0 Å². The molecule has 0 amide bonds. The Morgan fingerprint density at radius 2 is 1.41 bits per heavy atom. The summed E-state index contributed by atoms with van der Waals surface area (Å²) in [7, 11) is 4.14. The maximum absolute atomic E-state index is 3.56. The minimum absolute atomic E-state index is 0.194. The molecule has 0 aromatic heterocycles. The van der Waals surface area contributed by atoms with Crippen LogP contribution < -0.4 is 10.2 Å². The van der Waals surface area contributed by atoms with Crippen LogP contribution in [0.1, 0.15) is 22.6 Å². The molecular formula is C25H24N2. The second-order valence-corrected chi connectivity index (χ2v) is 7.04. The Hall–Kier alpha value is -3.26. The molecule has 0 unspecified atom stereocenters. The molecular weight excluding hydrogens is 328 g/mol. The largest absolute Gasteiger partial charge is 0.378 e. The molecule has 134 valence electrons. The van der Waals surface area contributed by atoms with E-state index in [9.17, 15) is 0 Å². The van der Waals surface area contributed by atoms with Crippen LogP contribution in [0.5, 0.6) is 0 Å². The number of rotatable bonds is 4. The normalized spacial score (nSPS) is 15.1. The second-order valence-electron chi connectivity index (χ2n) is 7.04. The second kappa shape index (κ2) is 7.55. The number of allylic oxidation sites excluding steroid dienone is 2. The first kappa shape index (κ1) is 17.2. The summed E-state index contributed by atoms with van der Waals surface area (Å²) in [5.41, 5.74) is 7.29. The van der Waals surface area contributed by atoms with Crippen LogP contribution in [-0.2, 0) is 0 Å². The van der Waals surface area contributed by atoms with Crippen LogP contribution in [0.15, 0.2) is 96.7 Å². The Kier molecular flexibility index (Phi) is 4.80. The summed E-state index contributed by atoms with van der Waals surface area (Å²) >= 11 is 0. The van der Waals surface area contributed by atoms with Crippen LogP contribution >= 0.6 is 0 Å². The molecule has 1 aliphatic heterocycles. The maximum Gasteiger partial charge on any atom is 0.0457 e. The lowest BCUT2D eigenvalue weighted by Crippen LogP contribution is -2.09. The van der Waals surface area contributed by atoms with Gasteiger partial charge in [0.1, 0.15) is 0 Å². The van der Waals surface area contributed by atoms with Gasteiger partial charge in [0.05, 0.1) is 0 Å². The molecule has 1 N–H and O–H groups in total. The highest BCUT2D eigenvalue weighted by Crippen LogP contribution is 2.31. The van der Waals surface area contributed by atoms with Gasteiger partial charge >= 0.3 is 0 Å². The van der Waals surface area contributed by atoms with E-state index in [1.165, 1.54) is 22.4 Å². The standard InChI is InChI=1S/C25H24N2/c1-27(2)23-16-13-20(14-17-23)24(19-8-4-3-5-9-19)18-22-15-12-21-10-6-7-11-25(21)26-22/h3-18,24,26H,1-2H3/b22-18+/t24-/m1/s1. The van der Waals surface area contributed by atoms with E-state index in [0.717, 1.165) is 11.4 Å². The predicted octanol–water partition coefficient (Wildman–Crippen LogP) is 5.91. The number of benzene rings is 3. The van der Waals surface area contributed by atoms with Crippen molar-refractivity contribution in [3.8, 4) is 0 Å². The van der Waals surface area contributed by atoms with E-state index < -0.39 is 0 Å². The number of para-hydroxylation sites is 1. The fourth-order valence-corrected chi connectivity index (χ4v) is 3.43. The van der Waals surface area contributed by atoms with Gasteiger partial charge in [-0.1, -0.05) is 66.7 Å². The lowest BCUT2D eigenvalue weighted by molar-refractivity contribution is 1.01. The fraction of sp³-hybridized carbons (Fsp3) is 0.120. The van der Waals surface area contributed by atoms with Gasteiger partial charge in [-0.05, 0) is 47.0 Å². The van der Waals surface area contributed by atoms with Crippen molar-refractivity contribution in [1.82, 2.24) is 0 Å². The molecule has 0 saturated heterocycles. The van der Waals surface area contributed by atoms with E-state index in [-0.39, 0.29) is 5.92 Å². The van der Waals surface area contributed by atoms with Crippen LogP contribution in [0, 0.1) is 0 Å². The predicted molar refractivity (Wildman–Crippen MR) is 116 cm³/mol. The monoisotopic (exact) mass is 352 g/mol. The number of nitrogens with one attached hydrogen (secondary N) is 1. The van der Waals surface area contributed by atoms with Crippen molar-refractivity contribution in [3.63, 3.8) is 0 Å². The molecule has 0 aliphatic carbocycles. The van der Waals surface area contributed by atoms with Crippen molar-refractivity contribution in [2.24, 2.45) is 0 Å². The van der Waals surface area contributed by atoms with Crippen LogP contribution in [0.2, 0.25) is 0 Å². The number of nitrogens with zero attached hydrogens (tertiary/aromatic N) is 1. The Morgan fingerprint density at radius 3 is 2.15 bits per heavy atom. The Morgan fingerprint density at radius 1 is 0.741 bits per heavy atom. The maximum atomic E-state index is 3.56. The molecule has 3 aromatic carbocycles. The van der Waals surface area contributed by atoms with Gasteiger partial charge in [0.25, 0.3) is 0 Å². The van der Waals surface area contributed by atoms with Gasteiger partial charge < -0.3 is 10.2 Å². The summed E-state index contributed by atoms with van der Waals surface area (Å²) in [6, 6.07) is 27.9. The molecule has 0 saturated carbocycles. The minimum atomic E-state index is 0.194. The van der Waals surface area contributed by atoms with Gasteiger partial charge in [-0.2, -0.15) is 0 Å². The van der Waals surface area contributed by atoms with Crippen molar-refractivity contribution in [2.45, 2.75) is 5.92 Å². The fourth-order valence-electron chi connectivity index (χ4n) is 3.43. The molecule has 0 spiro atoms. The molecule has 0 bridgehead atoms. The van der Waals surface area contributed by atoms with Crippen LogP contribution in [0.4, 0.5) is 11.4 Å². The average Bonchev–Trinajstić information content (AvgIpc) is 2.72. The minimum Gasteiger partial charge on any atom is -0.378 e. The first-order chi connectivity index (χ1) is 13.2. The van der Waals surface area contributed by atoms with Gasteiger partial charge in [0.15, 0.2) is 0 Å². The Bertz CT molecular complexity index is 967. The summed E-state index contributed by atoms with van der Waals surface area (Å²) < 4.78 is 0. The van der Waals surface area contributed by atoms with Gasteiger partial charge in [0, 0.05) is 37.1 Å². The number of anilines is 2. The molecule has 3 aromatic rings. The van der Waals surface area contributed by atoms with E-state index in [4.69, 9.17) is 0 Å². The van der Waals surface area contributed by atoms with Gasteiger partial charge in [-0.15, -0.1) is 0 Å². The first-order valence-corrected chi connectivity index (χ1v) is 9.29. The molecule has 1 aliphatic rings. The summed E-state index contributed by atoms with van der Waals surface area (Å²) in [5.74, 6) is 0.194.